The summed E-state index contributed by atoms with van der Waals surface area (Å²) < 4.78 is 5.55. The van der Waals surface area contributed by atoms with Crippen LogP contribution in [0.1, 0.15) is 6.42 Å². The number of para-hydroxylation sites is 1. The van der Waals surface area contributed by atoms with E-state index in [-0.39, 0.29) is 6.10 Å². The van der Waals surface area contributed by atoms with Gasteiger partial charge in [-0.25, -0.2) is 0 Å². The van der Waals surface area contributed by atoms with E-state index in [0.717, 1.165) is 25.3 Å². The van der Waals surface area contributed by atoms with E-state index in [1.54, 1.807) is 0 Å². The van der Waals surface area contributed by atoms with Crippen molar-refractivity contribution in [3.63, 3.8) is 0 Å². The first kappa shape index (κ1) is 11.4. The Hall–Kier alpha value is -1.06. The van der Waals surface area contributed by atoms with Crippen molar-refractivity contribution in [1.82, 2.24) is 4.90 Å². The third-order valence-electron chi connectivity index (χ3n) is 3.14. The van der Waals surface area contributed by atoms with Gasteiger partial charge in [-0.05, 0) is 32.1 Å². The minimum Gasteiger partial charge on any atom is -0.491 e. The molecule has 0 aromatic heterocycles. The number of ether oxygens (including phenoxy) is 1. The SMILES string of the molecule is CN1CCC(C(O)COc2ccccc2)C1. The summed E-state index contributed by atoms with van der Waals surface area (Å²) in [7, 11) is 2.09. The van der Waals surface area contributed by atoms with E-state index in [0.29, 0.717) is 12.5 Å². The molecule has 16 heavy (non-hydrogen) atoms. The van der Waals surface area contributed by atoms with Gasteiger partial charge in [0.25, 0.3) is 0 Å². The average Bonchev–Trinajstić information content (AvgIpc) is 2.74. The summed E-state index contributed by atoms with van der Waals surface area (Å²) in [5.74, 6) is 1.18. The molecule has 1 aliphatic heterocycles. The van der Waals surface area contributed by atoms with Gasteiger partial charge in [0.2, 0.25) is 0 Å². The standard InChI is InChI=1S/C13H19NO2/c1-14-8-7-11(9-14)13(15)10-16-12-5-3-2-4-6-12/h2-6,11,13,15H,7-10H2,1H3. The lowest BCUT2D eigenvalue weighted by molar-refractivity contribution is 0.0607. The van der Waals surface area contributed by atoms with Crippen LogP contribution in [0.2, 0.25) is 0 Å². The fourth-order valence-corrected chi connectivity index (χ4v) is 2.12. The van der Waals surface area contributed by atoms with Crippen molar-refractivity contribution >= 4 is 0 Å². The van der Waals surface area contributed by atoms with Crippen LogP contribution in [0.4, 0.5) is 0 Å². The fourth-order valence-electron chi connectivity index (χ4n) is 2.12. The van der Waals surface area contributed by atoms with Crippen LogP contribution in [-0.2, 0) is 0 Å². The van der Waals surface area contributed by atoms with E-state index in [1.807, 2.05) is 30.3 Å². The molecule has 88 valence electrons. The molecule has 0 radical (unpaired) electrons. The molecule has 0 bridgehead atoms. The summed E-state index contributed by atoms with van der Waals surface area (Å²) in [6.07, 6.45) is 0.709. The summed E-state index contributed by atoms with van der Waals surface area (Å²) in [4.78, 5) is 2.25. The van der Waals surface area contributed by atoms with Crippen molar-refractivity contribution in [2.75, 3.05) is 26.7 Å². The molecule has 1 aromatic carbocycles. The van der Waals surface area contributed by atoms with E-state index in [4.69, 9.17) is 4.74 Å². The third-order valence-corrected chi connectivity index (χ3v) is 3.14. The number of hydrogen-bond acceptors (Lipinski definition) is 3. The maximum atomic E-state index is 9.98. The first-order chi connectivity index (χ1) is 7.75. The summed E-state index contributed by atoms with van der Waals surface area (Å²) in [5.41, 5.74) is 0. The van der Waals surface area contributed by atoms with Crippen molar-refractivity contribution in [2.45, 2.75) is 12.5 Å². The second kappa shape index (κ2) is 5.32. The van der Waals surface area contributed by atoms with Crippen molar-refractivity contribution in [2.24, 2.45) is 5.92 Å². The Morgan fingerprint density at radius 2 is 2.19 bits per heavy atom. The lowest BCUT2D eigenvalue weighted by Gasteiger charge is -2.18. The molecule has 1 N–H and O–H groups in total. The van der Waals surface area contributed by atoms with Gasteiger partial charge in [0, 0.05) is 12.5 Å². The summed E-state index contributed by atoms with van der Waals surface area (Å²) in [6.45, 7) is 2.44. The van der Waals surface area contributed by atoms with Crippen molar-refractivity contribution in [1.29, 1.82) is 0 Å². The predicted octanol–water partition coefficient (Wildman–Crippen LogP) is 1.38. The molecule has 1 heterocycles. The molecule has 3 nitrogen and oxygen atoms in total. The Morgan fingerprint density at radius 3 is 2.81 bits per heavy atom. The molecule has 1 aromatic rings. The molecule has 0 spiro atoms. The van der Waals surface area contributed by atoms with Gasteiger partial charge >= 0.3 is 0 Å². The Kier molecular flexibility index (Phi) is 3.80. The second-order valence-electron chi connectivity index (χ2n) is 4.50. The summed E-state index contributed by atoms with van der Waals surface area (Å²) in [6, 6.07) is 9.65. The molecular weight excluding hydrogens is 202 g/mol. The number of likely N-dealkylation sites (tertiary alicyclic amines) is 1. The highest BCUT2D eigenvalue weighted by Gasteiger charge is 2.26. The molecule has 0 saturated carbocycles. The molecule has 2 atom stereocenters. The highest BCUT2D eigenvalue weighted by Crippen LogP contribution is 2.19. The molecule has 1 saturated heterocycles. The van der Waals surface area contributed by atoms with E-state index in [1.165, 1.54) is 0 Å². The van der Waals surface area contributed by atoms with E-state index in [9.17, 15) is 5.11 Å². The van der Waals surface area contributed by atoms with Crippen LogP contribution in [0.3, 0.4) is 0 Å². The quantitative estimate of drug-likeness (QED) is 0.833. The largest absolute Gasteiger partial charge is 0.491 e. The lowest BCUT2D eigenvalue weighted by Crippen LogP contribution is -2.29. The molecule has 2 rings (SSSR count). The van der Waals surface area contributed by atoms with Crippen LogP contribution >= 0.6 is 0 Å². The Balaban J connectivity index is 1.78. The highest BCUT2D eigenvalue weighted by molar-refractivity contribution is 5.20. The number of aliphatic hydroxyl groups excluding tert-OH is 1. The van der Waals surface area contributed by atoms with Gasteiger partial charge in [-0.1, -0.05) is 18.2 Å². The number of nitrogens with zero attached hydrogens (tertiary/aromatic N) is 1. The van der Waals surface area contributed by atoms with Gasteiger partial charge in [0.15, 0.2) is 0 Å². The third kappa shape index (κ3) is 2.97. The molecule has 0 aliphatic carbocycles. The zero-order valence-corrected chi connectivity index (χ0v) is 9.67. The van der Waals surface area contributed by atoms with Gasteiger partial charge in [-0.15, -0.1) is 0 Å². The zero-order chi connectivity index (χ0) is 11.4. The first-order valence-corrected chi connectivity index (χ1v) is 5.80. The van der Waals surface area contributed by atoms with Gasteiger partial charge in [-0.2, -0.15) is 0 Å². The number of rotatable bonds is 4. The average molecular weight is 221 g/mol. The van der Waals surface area contributed by atoms with Crippen molar-refractivity contribution in [3.05, 3.63) is 30.3 Å². The van der Waals surface area contributed by atoms with Crippen molar-refractivity contribution in [3.8, 4) is 5.75 Å². The molecule has 2 unspecified atom stereocenters. The minimum atomic E-state index is -0.356. The topological polar surface area (TPSA) is 32.7 Å². The molecular formula is C13H19NO2. The normalized spacial score (nSPS) is 23.2. The van der Waals surface area contributed by atoms with Crippen LogP contribution in [0, 0.1) is 5.92 Å². The van der Waals surface area contributed by atoms with E-state index < -0.39 is 0 Å². The molecule has 1 fully saturated rings. The van der Waals surface area contributed by atoms with Crippen LogP contribution in [-0.4, -0.2) is 42.9 Å². The molecule has 1 aliphatic rings. The number of aliphatic hydroxyl groups is 1. The predicted molar refractivity (Wildman–Crippen MR) is 63.5 cm³/mol. The van der Waals surface area contributed by atoms with Gasteiger partial charge < -0.3 is 14.7 Å². The van der Waals surface area contributed by atoms with Crippen molar-refractivity contribution < 1.29 is 9.84 Å². The smallest absolute Gasteiger partial charge is 0.119 e. The second-order valence-corrected chi connectivity index (χ2v) is 4.50. The number of hydrogen-bond donors (Lipinski definition) is 1. The summed E-state index contributed by atoms with van der Waals surface area (Å²) >= 11 is 0. The van der Waals surface area contributed by atoms with Gasteiger partial charge in [0.1, 0.15) is 12.4 Å². The summed E-state index contributed by atoms with van der Waals surface area (Å²) in [5, 5.41) is 9.98. The van der Waals surface area contributed by atoms with Crippen LogP contribution in [0.15, 0.2) is 30.3 Å². The highest BCUT2D eigenvalue weighted by atomic mass is 16.5. The maximum absolute atomic E-state index is 9.98. The first-order valence-electron chi connectivity index (χ1n) is 5.80. The van der Waals surface area contributed by atoms with Crippen LogP contribution < -0.4 is 4.74 Å². The minimum absolute atomic E-state index is 0.355. The Labute approximate surface area is 96.6 Å². The zero-order valence-electron chi connectivity index (χ0n) is 9.67. The lowest BCUT2D eigenvalue weighted by atomic mass is 10.0. The van der Waals surface area contributed by atoms with Crippen LogP contribution in [0.5, 0.6) is 5.75 Å². The van der Waals surface area contributed by atoms with E-state index in [2.05, 4.69) is 11.9 Å². The van der Waals surface area contributed by atoms with Crippen LogP contribution in [0.25, 0.3) is 0 Å². The number of benzene rings is 1. The maximum Gasteiger partial charge on any atom is 0.119 e. The molecule has 0 amide bonds. The van der Waals surface area contributed by atoms with E-state index >= 15 is 0 Å². The Morgan fingerprint density at radius 1 is 1.44 bits per heavy atom. The van der Waals surface area contributed by atoms with Gasteiger partial charge in [-0.3, -0.25) is 0 Å². The molecule has 3 heteroatoms. The fraction of sp³-hybridized carbons (Fsp3) is 0.538. The Bertz CT molecular complexity index is 315. The van der Waals surface area contributed by atoms with Gasteiger partial charge in [0.05, 0.1) is 6.10 Å². The monoisotopic (exact) mass is 221 g/mol.